The molecule has 142 valence electrons. The average molecular weight is 381 g/mol. The second-order valence-corrected chi connectivity index (χ2v) is 8.69. The Bertz CT molecular complexity index is 944. The minimum absolute atomic E-state index is 0.189. The number of anilines is 1. The Balaban J connectivity index is 2.39. The van der Waals surface area contributed by atoms with Crippen molar-refractivity contribution in [2.75, 3.05) is 5.32 Å². The molecule has 2 rings (SSSR count). The summed E-state index contributed by atoms with van der Waals surface area (Å²) >= 11 is 0. The SMILES string of the molecule is Cc1nn(C(C)(C)C)cc1C(C)Nc1ccc(S(N)(=O)=O)cc1[N+](=O)[O-]. The Hall–Kier alpha value is -2.46. The number of sulfonamides is 1. The van der Waals surface area contributed by atoms with Crippen molar-refractivity contribution in [1.82, 2.24) is 9.78 Å². The van der Waals surface area contributed by atoms with Crippen molar-refractivity contribution in [3.63, 3.8) is 0 Å². The number of hydrogen-bond donors (Lipinski definition) is 2. The Morgan fingerprint density at radius 2 is 1.96 bits per heavy atom. The number of benzene rings is 1. The molecule has 1 atom stereocenters. The molecule has 0 bridgehead atoms. The van der Waals surface area contributed by atoms with E-state index in [1.165, 1.54) is 12.1 Å². The molecule has 3 N–H and O–H groups in total. The summed E-state index contributed by atoms with van der Waals surface area (Å²) < 4.78 is 24.7. The highest BCUT2D eigenvalue weighted by Gasteiger charge is 2.23. The lowest BCUT2D eigenvalue weighted by Gasteiger charge is -2.19. The number of nitrogens with two attached hydrogens (primary N) is 1. The summed E-state index contributed by atoms with van der Waals surface area (Å²) in [4.78, 5) is 10.4. The summed E-state index contributed by atoms with van der Waals surface area (Å²) in [7, 11) is -4.02. The Morgan fingerprint density at radius 1 is 1.35 bits per heavy atom. The van der Waals surface area contributed by atoms with Crippen LogP contribution in [0.2, 0.25) is 0 Å². The summed E-state index contributed by atoms with van der Waals surface area (Å²) in [5.74, 6) is 0. The van der Waals surface area contributed by atoms with Gasteiger partial charge in [-0.15, -0.1) is 0 Å². The fourth-order valence-corrected chi connectivity index (χ4v) is 3.05. The number of primary sulfonamides is 1. The van der Waals surface area contributed by atoms with Crippen LogP contribution < -0.4 is 10.5 Å². The first-order chi connectivity index (χ1) is 11.8. The fourth-order valence-electron chi connectivity index (χ4n) is 2.51. The van der Waals surface area contributed by atoms with Crippen LogP contribution in [0.25, 0.3) is 0 Å². The number of rotatable bonds is 5. The molecule has 0 amide bonds. The van der Waals surface area contributed by atoms with Gasteiger partial charge in [0.25, 0.3) is 5.69 Å². The van der Waals surface area contributed by atoms with Crippen molar-refractivity contribution in [2.24, 2.45) is 5.14 Å². The van der Waals surface area contributed by atoms with Crippen LogP contribution >= 0.6 is 0 Å². The van der Waals surface area contributed by atoms with Crippen molar-refractivity contribution >= 4 is 21.4 Å². The lowest BCUT2D eigenvalue weighted by molar-refractivity contribution is -0.384. The lowest BCUT2D eigenvalue weighted by Crippen LogP contribution is -2.22. The van der Waals surface area contributed by atoms with Gasteiger partial charge in [0.2, 0.25) is 10.0 Å². The first-order valence-electron chi connectivity index (χ1n) is 7.95. The second kappa shape index (κ2) is 6.69. The second-order valence-electron chi connectivity index (χ2n) is 7.13. The van der Waals surface area contributed by atoms with Gasteiger partial charge in [-0.2, -0.15) is 5.10 Å². The molecule has 0 aliphatic carbocycles. The molecule has 1 aromatic carbocycles. The van der Waals surface area contributed by atoms with E-state index >= 15 is 0 Å². The van der Waals surface area contributed by atoms with Crippen molar-refractivity contribution in [3.05, 3.63) is 45.8 Å². The molecule has 0 aliphatic rings. The summed E-state index contributed by atoms with van der Waals surface area (Å²) in [6.45, 7) is 9.80. The molecule has 0 fully saturated rings. The predicted octanol–water partition coefficient (Wildman–Crippen LogP) is 2.68. The van der Waals surface area contributed by atoms with Crippen molar-refractivity contribution < 1.29 is 13.3 Å². The highest BCUT2D eigenvalue weighted by Crippen LogP contribution is 2.31. The number of aryl methyl sites for hydroxylation is 1. The molecular weight excluding hydrogens is 358 g/mol. The zero-order chi connectivity index (χ0) is 19.9. The molecule has 1 heterocycles. The van der Waals surface area contributed by atoms with Crippen molar-refractivity contribution in [1.29, 1.82) is 0 Å². The lowest BCUT2D eigenvalue weighted by atomic mass is 10.1. The molecule has 0 spiro atoms. The topological polar surface area (TPSA) is 133 Å². The maximum absolute atomic E-state index is 11.4. The zero-order valence-corrected chi connectivity index (χ0v) is 16.2. The molecule has 2 aromatic rings. The molecule has 0 saturated carbocycles. The number of aromatic nitrogens is 2. The van der Waals surface area contributed by atoms with Crippen LogP contribution in [-0.4, -0.2) is 23.1 Å². The van der Waals surface area contributed by atoms with E-state index in [-0.39, 0.29) is 27.9 Å². The van der Waals surface area contributed by atoms with E-state index in [0.717, 1.165) is 17.3 Å². The third kappa shape index (κ3) is 4.20. The minimum Gasteiger partial charge on any atom is -0.373 e. The smallest absolute Gasteiger partial charge is 0.293 e. The van der Waals surface area contributed by atoms with Gasteiger partial charge in [-0.3, -0.25) is 14.8 Å². The van der Waals surface area contributed by atoms with Gasteiger partial charge in [-0.1, -0.05) is 0 Å². The van der Waals surface area contributed by atoms with Gasteiger partial charge in [-0.05, 0) is 46.8 Å². The van der Waals surface area contributed by atoms with E-state index in [2.05, 4.69) is 10.4 Å². The van der Waals surface area contributed by atoms with Crippen LogP contribution in [0.15, 0.2) is 29.3 Å². The van der Waals surface area contributed by atoms with Gasteiger partial charge in [0.15, 0.2) is 0 Å². The average Bonchev–Trinajstić information content (AvgIpc) is 2.88. The molecule has 26 heavy (non-hydrogen) atoms. The number of hydrogen-bond acceptors (Lipinski definition) is 6. The summed E-state index contributed by atoms with van der Waals surface area (Å²) in [6, 6.07) is 3.27. The summed E-state index contributed by atoms with van der Waals surface area (Å²) in [5, 5.41) is 23.9. The monoisotopic (exact) mass is 381 g/mol. The standard InChI is InChI=1S/C16H23N5O4S/c1-10(13-9-20(16(3,4)5)19-11(13)2)18-14-7-6-12(26(17,24)25)8-15(14)21(22)23/h6-10,18H,1-5H3,(H2,17,24,25). The predicted molar refractivity (Wildman–Crippen MR) is 98.5 cm³/mol. The largest absolute Gasteiger partial charge is 0.373 e. The summed E-state index contributed by atoms with van der Waals surface area (Å²) in [5.41, 5.74) is 1.36. The molecule has 0 radical (unpaired) electrons. The van der Waals surface area contributed by atoms with E-state index in [9.17, 15) is 18.5 Å². The van der Waals surface area contributed by atoms with Gasteiger partial charge in [0, 0.05) is 17.8 Å². The normalized spacial score (nSPS) is 13.5. The Kier molecular flexibility index (Phi) is 5.11. The van der Waals surface area contributed by atoms with E-state index in [4.69, 9.17) is 5.14 Å². The summed E-state index contributed by atoms with van der Waals surface area (Å²) in [6.07, 6.45) is 1.90. The molecular formula is C16H23N5O4S. The first-order valence-corrected chi connectivity index (χ1v) is 9.50. The Morgan fingerprint density at radius 3 is 2.42 bits per heavy atom. The van der Waals surface area contributed by atoms with Crippen LogP contribution in [0.1, 0.15) is 45.0 Å². The number of nitrogens with zero attached hydrogens (tertiary/aromatic N) is 3. The van der Waals surface area contributed by atoms with Crippen LogP contribution in [0.4, 0.5) is 11.4 Å². The van der Waals surface area contributed by atoms with Gasteiger partial charge in [0.05, 0.1) is 27.1 Å². The maximum atomic E-state index is 11.4. The zero-order valence-electron chi connectivity index (χ0n) is 15.3. The third-order valence-corrected chi connectivity index (χ3v) is 4.87. The maximum Gasteiger partial charge on any atom is 0.293 e. The molecule has 10 heteroatoms. The van der Waals surface area contributed by atoms with Crippen LogP contribution in [0, 0.1) is 17.0 Å². The van der Waals surface area contributed by atoms with Gasteiger partial charge >= 0.3 is 0 Å². The van der Waals surface area contributed by atoms with E-state index in [1.807, 2.05) is 45.5 Å². The number of nitro benzene ring substituents is 1. The molecule has 1 aromatic heterocycles. The van der Waals surface area contributed by atoms with Gasteiger partial charge in [0.1, 0.15) is 5.69 Å². The molecule has 1 unspecified atom stereocenters. The first kappa shape index (κ1) is 19.9. The highest BCUT2D eigenvalue weighted by atomic mass is 32.2. The molecule has 0 saturated heterocycles. The minimum atomic E-state index is -4.02. The van der Waals surface area contributed by atoms with Crippen molar-refractivity contribution in [2.45, 2.75) is 51.1 Å². The van der Waals surface area contributed by atoms with Crippen LogP contribution in [-0.2, 0) is 15.6 Å². The third-order valence-electron chi connectivity index (χ3n) is 3.96. The van der Waals surface area contributed by atoms with Gasteiger partial charge in [-0.25, -0.2) is 13.6 Å². The van der Waals surface area contributed by atoms with E-state index < -0.39 is 14.9 Å². The quantitative estimate of drug-likeness (QED) is 0.604. The van der Waals surface area contributed by atoms with Crippen molar-refractivity contribution in [3.8, 4) is 0 Å². The number of nitrogens with one attached hydrogen (secondary N) is 1. The highest BCUT2D eigenvalue weighted by molar-refractivity contribution is 7.89. The number of nitro groups is 1. The van der Waals surface area contributed by atoms with E-state index in [1.54, 1.807) is 0 Å². The van der Waals surface area contributed by atoms with E-state index in [0.29, 0.717) is 0 Å². The Labute approximate surface area is 152 Å². The molecule has 0 aliphatic heterocycles. The van der Waals surface area contributed by atoms with Crippen LogP contribution in [0.3, 0.4) is 0 Å². The molecule has 9 nitrogen and oxygen atoms in total. The van der Waals surface area contributed by atoms with Gasteiger partial charge < -0.3 is 5.32 Å². The van der Waals surface area contributed by atoms with Crippen LogP contribution in [0.5, 0.6) is 0 Å². The fraction of sp³-hybridized carbons (Fsp3) is 0.438.